The van der Waals surface area contributed by atoms with Gasteiger partial charge in [-0.05, 0) is 6.42 Å². The fourth-order valence-corrected chi connectivity index (χ4v) is 2.61. The summed E-state index contributed by atoms with van der Waals surface area (Å²) in [7, 11) is -0.571. The van der Waals surface area contributed by atoms with Crippen LogP contribution in [0.4, 0.5) is 0 Å². The lowest BCUT2D eigenvalue weighted by molar-refractivity contribution is 0.207. The second-order valence-electron chi connectivity index (χ2n) is 2.47. The molecule has 1 rings (SSSR count). The van der Waals surface area contributed by atoms with E-state index in [9.17, 15) is 4.21 Å². The minimum atomic E-state index is -0.571. The zero-order chi connectivity index (χ0) is 7.40. The summed E-state index contributed by atoms with van der Waals surface area (Å²) in [4.78, 5) is 0. The van der Waals surface area contributed by atoms with Crippen LogP contribution in [-0.2, 0) is 15.5 Å². The van der Waals surface area contributed by atoms with Crippen molar-refractivity contribution in [3.05, 3.63) is 12.8 Å². The van der Waals surface area contributed by atoms with Gasteiger partial charge >= 0.3 is 0 Å². The molecule has 58 valence electrons. The van der Waals surface area contributed by atoms with Crippen molar-refractivity contribution < 1.29 is 8.95 Å². The second-order valence-corrected chi connectivity index (χ2v) is 4.09. The summed E-state index contributed by atoms with van der Waals surface area (Å²) >= 11 is 0. The van der Waals surface area contributed by atoms with Crippen LogP contribution in [-0.4, -0.2) is 22.3 Å². The van der Waals surface area contributed by atoms with E-state index in [-0.39, 0.29) is 0 Å². The van der Waals surface area contributed by atoms with Crippen molar-refractivity contribution in [2.24, 2.45) is 5.92 Å². The molecular formula is C7H12O2S. The smallest absolute Gasteiger partial charge is 0.0910 e. The molecular weight excluding hydrogens is 148 g/mol. The first-order valence-electron chi connectivity index (χ1n) is 3.40. The van der Waals surface area contributed by atoms with Crippen molar-refractivity contribution in [2.75, 3.05) is 18.1 Å². The first-order chi connectivity index (χ1) is 4.83. The molecule has 0 radical (unpaired) electrons. The van der Waals surface area contributed by atoms with Crippen LogP contribution in [0, 0.1) is 5.92 Å². The highest BCUT2D eigenvalue weighted by molar-refractivity contribution is 7.85. The fourth-order valence-electron chi connectivity index (χ4n) is 1.06. The van der Waals surface area contributed by atoms with E-state index in [2.05, 4.69) is 6.58 Å². The van der Waals surface area contributed by atoms with Gasteiger partial charge in [0, 0.05) is 28.2 Å². The lowest BCUT2D eigenvalue weighted by atomic mass is 10.1. The van der Waals surface area contributed by atoms with Gasteiger partial charge in [0.2, 0.25) is 0 Å². The molecule has 0 aromatic heterocycles. The summed E-state index contributed by atoms with van der Waals surface area (Å²) in [5.74, 6) is 2.16. The highest BCUT2D eigenvalue weighted by Gasteiger charge is 2.20. The van der Waals surface area contributed by atoms with Crippen molar-refractivity contribution in [3.8, 4) is 0 Å². The predicted molar refractivity (Wildman–Crippen MR) is 42.1 cm³/mol. The van der Waals surface area contributed by atoms with Crippen molar-refractivity contribution in [1.29, 1.82) is 0 Å². The number of rotatable bonds is 3. The first kappa shape index (κ1) is 7.79. The SMILES string of the molecule is C=COCC1CCS(=O)C1. The molecule has 0 aromatic rings. The molecule has 0 N–H and O–H groups in total. The highest BCUT2D eigenvalue weighted by Crippen LogP contribution is 2.15. The fraction of sp³-hybridized carbons (Fsp3) is 0.714. The van der Waals surface area contributed by atoms with Gasteiger partial charge in [-0.25, -0.2) is 0 Å². The third kappa shape index (κ3) is 2.14. The quantitative estimate of drug-likeness (QED) is 0.574. The molecule has 2 unspecified atom stereocenters. The summed E-state index contributed by atoms with van der Waals surface area (Å²) in [5, 5.41) is 0. The second kappa shape index (κ2) is 3.76. The van der Waals surface area contributed by atoms with Crippen LogP contribution in [0.2, 0.25) is 0 Å². The third-order valence-electron chi connectivity index (χ3n) is 1.63. The number of ether oxygens (including phenoxy) is 1. The van der Waals surface area contributed by atoms with Gasteiger partial charge in [0.25, 0.3) is 0 Å². The van der Waals surface area contributed by atoms with E-state index >= 15 is 0 Å². The largest absolute Gasteiger partial charge is 0.501 e. The molecule has 0 aromatic carbocycles. The van der Waals surface area contributed by atoms with E-state index in [0.717, 1.165) is 17.9 Å². The molecule has 3 heteroatoms. The Labute approximate surface area is 63.7 Å². The Morgan fingerprint density at radius 1 is 1.80 bits per heavy atom. The first-order valence-corrected chi connectivity index (χ1v) is 4.89. The summed E-state index contributed by atoms with van der Waals surface area (Å²) in [6.45, 7) is 4.13. The average molecular weight is 160 g/mol. The predicted octanol–water partition coefficient (Wildman–Crippen LogP) is 0.915. The lowest BCUT2D eigenvalue weighted by Crippen LogP contribution is -2.06. The standard InChI is InChI=1S/C7H12O2S/c1-2-9-5-7-3-4-10(8)6-7/h2,7H,1,3-6H2. The maximum atomic E-state index is 10.8. The van der Waals surface area contributed by atoms with Crippen LogP contribution in [0.15, 0.2) is 12.8 Å². The normalized spacial score (nSPS) is 32.0. The third-order valence-corrected chi connectivity index (χ3v) is 3.16. The van der Waals surface area contributed by atoms with Crippen molar-refractivity contribution in [1.82, 2.24) is 0 Å². The zero-order valence-corrected chi connectivity index (χ0v) is 6.73. The van der Waals surface area contributed by atoms with Crippen LogP contribution < -0.4 is 0 Å². The van der Waals surface area contributed by atoms with E-state index in [0.29, 0.717) is 12.5 Å². The van der Waals surface area contributed by atoms with Crippen LogP contribution in [0.3, 0.4) is 0 Å². The molecule has 0 amide bonds. The Bertz CT molecular complexity index is 145. The Balaban J connectivity index is 2.18. The number of hydrogen-bond donors (Lipinski definition) is 0. The molecule has 0 spiro atoms. The molecule has 2 atom stereocenters. The lowest BCUT2D eigenvalue weighted by Gasteiger charge is -2.04. The van der Waals surface area contributed by atoms with Crippen LogP contribution in [0.1, 0.15) is 6.42 Å². The summed E-state index contributed by atoms with van der Waals surface area (Å²) in [6, 6.07) is 0. The molecule has 1 aliphatic heterocycles. The number of hydrogen-bond acceptors (Lipinski definition) is 2. The van der Waals surface area contributed by atoms with E-state index in [1.165, 1.54) is 6.26 Å². The Morgan fingerprint density at radius 2 is 2.60 bits per heavy atom. The molecule has 0 aliphatic carbocycles. The molecule has 0 saturated carbocycles. The molecule has 1 heterocycles. The Morgan fingerprint density at radius 3 is 3.10 bits per heavy atom. The van der Waals surface area contributed by atoms with Crippen molar-refractivity contribution in [2.45, 2.75) is 6.42 Å². The minimum Gasteiger partial charge on any atom is -0.501 e. The van der Waals surface area contributed by atoms with E-state index in [1.807, 2.05) is 0 Å². The summed E-state index contributed by atoms with van der Waals surface area (Å²) in [6.07, 6.45) is 2.49. The summed E-state index contributed by atoms with van der Waals surface area (Å²) in [5.41, 5.74) is 0. The van der Waals surface area contributed by atoms with Crippen LogP contribution in [0.5, 0.6) is 0 Å². The zero-order valence-electron chi connectivity index (χ0n) is 5.91. The maximum absolute atomic E-state index is 10.8. The molecule has 1 aliphatic rings. The van der Waals surface area contributed by atoms with Gasteiger partial charge in [-0.3, -0.25) is 4.21 Å². The highest BCUT2D eigenvalue weighted by atomic mass is 32.2. The Kier molecular flexibility index (Phi) is 2.93. The van der Waals surface area contributed by atoms with Crippen LogP contribution >= 0.6 is 0 Å². The van der Waals surface area contributed by atoms with Gasteiger partial charge in [0.05, 0.1) is 12.9 Å². The van der Waals surface area contributed by atoms with Crippen molar-refractivity contribution >= 4 is 10.8 Å². The molecule has 1 fully saturated rings. The molecule has 1 saturated heterocycles. The maximum Gasteiger partial charge on any atom is 0.0910 e. The van der Waals surface area contributed by atoms with E-state index in [1.54, 1.807) is 0 Å². The van der Waals surface area contributed by atoms with Gasteiger partial charge in [0.1, 0.15) is 0 Å². The van der Waals surface area contributed by atoms with E-state index < -0.39 is 10.8 Å². The summed E-state index contributed by atoms with van der Waals surface area (Å²) < 4.78 is 15.8. The topological polar surface area (TPSA) is 26.3 Å². The van der Waals surface area contributed by atoms with Gasteiger partial charge < -0.3 is 4.74 Å². The van der Waals surface area contributed by atoms with Gasteiger partial charge in [-0.15, -0.1) is 0 Å². The molecule has 10 heavy (non-hydrogen) atoms. The van der Waals surface area contributed by atoms with Crippen LogP contribution in [0.25, 0.3) is 0 Å². The Hall–Kier alpha value is -0.310. The molecule has 2 nitrogen and oxygen atoms in total. The van der Waals surface area contributed by atoms with Gasteiger partial charge in [-0.2, -0.15) is 0 Å². The van der Waals surface area contributed by atoms with Gasteiger partial charge in [-0.1, -0.05) is 6.58 Å². The van der Waals surface area contributed by atoms with Crippen molar-refractivity contribution in [3.63, 3.8) is 0 Å². The van der Waals surface area contributed by atoms with Gasteiger partial charge in [0.15, 0.2) is 0 Å². The average Bonchev–Trinajstić information content (AvgIpc) is 2.31. The monoisotopic (exact) mass is 160 g/mol. The van der Waals surface area contributed by atoms with E-state index in [4.69, 9.17) is 4.74 Å². The minimum absolute atomic E-state index is 0.499. The molecule has 0 bridgehead atoms.